The average Bonchev–Trinajstić information content (AvgIpc) is 3.31. The van der Waals surface area contributed by atoms with E-state index >= 15 is 0 Å². The van der Waals surface area contributed by atoms with Gasteiger partial charge in [0, 0.05) is 19.4 Å². The molecule has 2 fully saturated rings. The molecule has 0 radical (unpaired) electrons. The second kappa shape index (κ2) is 18.5. The molecule has 1 saturated heterocycles. The van der Waals surface area contributed by atoms with Crippen molar-refractivity contribution in [1.29, 1.82) is 0 Å². The van der Waals surface area contributed by atoms with E-state index < -0.39 is 55.6 Å². The zero-order valence-electron chi connectivity index (χ0n) is 26.7. The number of hydrogen-bond acceptors (Lipinski definition) is 9. The Morgan fingerprint density at radius 2 is 1.73 bits per heavy atom. The molecule has 1 aliphatic heterocycles. The van der Waals surface area contributed by atoms with Gasteiger partial charge in [-0.25, -0.2) is 0 Å². The number of aliphatic hydroxyl groups excluding tert-OH is 6. The van der Waals surface area contributed by atoms with E-state index in [1.807, 2.05) is 25.1 Å². The first-order valence-electron chi connectivity index (χ1n) is 16.7. The van der Waals surface area contributed by atoms with Crippen LogP contribution in [-0.4, -0.2) is 98.7 Å². The van der Waals surface area contributed by atoms with E-state index in [0.717, 1.165) is 38.5 Å². The van der Waals surface area contributed by atoms with Crippen LogP contribution in [0.2, 0.25) is 0 Å². The average molecular weight is 624 g/mol. The van der Waals surface area contributed by atoms with Crippen molar-refractivity contribution in [1.82, 2.24) is 5.32 Å². The Bertz CT molecular complexity index is 950. The van der Waals surface area contributed by atoms with Gasteiger partial charge in [0.2, 0.25) is 5.91 Å². The van der Waals surface area contributed by atoms with Crippen LogP contribution in [0.4, 0.5) is 0 Å². The Kier molecular flexibility index (Phi) is 15.5. The number of carbonyl (C=O) groups is 1. The molecule has 0 spiro atoms. The molecule has 10 heteroatoms. The van der Waals surface area contributed by atoms with Crippen molar-refractivity contribution < 1.29 is 44.9 Å². The van der Waals surface area contributed by atoms with Gasteiger partial charge in [-0.2, -0.15) is 0 Å². The first-order valence-corrected chi connectivity index (χ1v) is 16.7. The number of amides is 1. The van der Waals surface area contributed by atoms with Crippen molar-refractivity contribution in [2.75, 3.05) is 13.2 Å². The van der Waals surface area contributed by atoms with Crippen molar-refractivity contribution in [2.24, 2.45) is 23.7 Å². The second-order valence-corrected chi connectivity index (χ2v) is 13.2. The summed E-state index contributed by atoms with van der Waals surface area (Å²) < 4.78 is 11.9. The summed E-state index contributed by atoms with van der Waals surface area (Å²) in [5.74, 6) is 0.270. The van der Waals surface area contributed by atoms with Crippen LogP contribution in [-0.2, 0) is 20.7 Å². The lowest BCUT2D eigenvalue weighted by molar-refractivity contribution is -0.314. The van der Waals surface area contributed by atoms with Gasteiger partial charge < -0.3 is 45.4 Å². The monoisotopic (exact) mass is 623 g/mol. The maximum atomic E-state index is 11.8. The molecule has 1 saturated carbocycles. The third-order valence-corrected chi connectivity index (χ3v) is 9.67. The fourth-order valence-electron chi connectivity index (χ4n) is 7.22. The number of benzene rings is 1. The summed E-state index contributed by atoms with van der Waals surface area (Å²) in [6.45, 7) is 6.26. The molecule has 1 heterocycles. The Labute approximate surface area is 262 Å². The highest BCUT2D eigenvalue weighted by atomic mass is 16.7. The van der Waals surface area contributed by atoms with Crippen LogP contribution in [0, 0.1) is 23.7 Å². The van der Waals surface area contributed by atoms with E-state index in [4.69, 9.17) is 9.47 Å². The minimum absolute atomic E-state index is 0.00123. The number of carbonyl (C=O) groups excluding carboxylic acids is 1. The van der Waals surface area contributed by atoms with Crippen molar-refractivity contribution in [2.45, 2.75) is 134 Å². The van der Waals surface area contributed by atoms with Gasteiger partial charge in [-0.05, 0) is 68.3 Å². The molecule has 0 aromatic heterocycles. The molecule has 12 atom stereocenters. The lowest BCUT2D eigenvalue weighted by atomic mass is 9.77. The first kappa shape index (κ1) is 36.8. The molecule has 1 amide bonds. The zero-order valence-corrected chi connectivity index (χ0v) is 26.7. The van der Waals surface area contributed by atoms with E-state index in [2.05, 4.69) is 31.3 Å². The van der Waals surface area contributed by atoms with Crippen molar-refractivity contribution in [3.8, 4) is 0 Å². The van der Waals surface area contributed by atoms with Crippen LogP contribution >= 0.6 is 0 Å². The summed E-state index contributed by atoms with van der Waals surface area (Å²) in [5.41, 5.74) is 1.17. The van der Waals surface area contributed by atoms with Crippen LogP contribution in [0.15, 0.2) is 30.3 Å². The summed E-state index contributed by atoms with van der Waals surface area (Å²) in [6, 6.07) is 10.1. The maximum absolute atomic E-state index is 11.8. The van der Waals surface area contributed by atoms with Crippen molar-refractivity contribution >= 4 is 5.91 Å². The van der Waals surface area contributed by atoms with Gasteiger partial charge in [0.1, 0.15) is 24.4 Å². The summed E-state index contributed by atoms with van der Waals surface area (Å²) in [5, 5.41) is 65.8. The smallest absolute Gasteiger partial charge is 0.219 e. The lowest BCUT2D eigenvalue weighted by Crippen LogP contribution is -2.59. The molecule has 1 aliphatic carbocycles. The molecular formula is C34H57NO9. The first-order chi connectivity index (χ1) is 21.0. The maximum Gasteiger partial charge on any atom is 0.219 e. The Balaban J connectivity index is 1.64. The number of rotatable bonds is 18. The molecular weight excluding hydrogens is 566 g/mol. The molecule has 252 valence electrons. The van der Waals surface area contributed by atoms with Gasteiger partial charge in [0.05, 0.1) is 24.9 Å². The van der Waals surface area contributed by atoms with Gasteiger partial charge in [-0.15, -0.1) is 0 Å². The fourth-order valence-corrected chi connectivity index (χ4v) is 7.22. The quantitative estimate of drug-likeness (QED) is 0.130. The molecule has 44 heavy (non-hydrogen) atoms. The largest absolute Gasteiger partial charge is 0.394 e. The number of ether oxygens (including phenoxy) is 2. The molecule has 7 N–H and O–H groups in total. The zero-order chi connectivity index (χ0) is 32.2. The van der Waals surface area contributed by atoms with Gasteiger partial charge in [-0.1, -0.05) is 63.4 Å². The lowest BCUT2D eigenvalue weighted by Gasteiger charge is -2.41. The molecule has 1 aromatic carbocycles. The standard InChI is InChI=1S/C34H57NO9/c1-4-35-29(39)15-9-11-21(2)10-8-14-25-27(43-34-33(42)32(41)31(40)28(20-36)44-34)19-26(38)30(25)22(3)18-24(37)17-16-23-12-6-5-7-13-23/h5-7,12-13,21-22,24-28,30-34,36-38,40-42H,4,8-11,14-20H2,1-3H3,(H,35,39)/t21-,22+,24+,25+,26-,27+,28?,30-,31-,32?,33?,34?/m1/s1. The Hall–Kier alpha value is -1.63. The van der Waals surface area contributed by atoms with Crippen molar-refractivity contribution in [3.05, 3.63) is 35.9 Å². The van der Waals surface area contributed by atoms with Crippen LogP contribution < -0.4 is 5.32 Å². The van der Waals surface area contributed by atoms with Gasteiger partial charge in [0.25, 0.3) is 0 Å². The minimum atomic E-state index is -1.54. The summed E-state index contributed by atoms with van der Waals surface area (Å²) >= 11 is 0. The SMILES string of the molecule is CCNC(=O)CCC[C@H](C)CCC[C@@H]1[C@@H]([C@@H](C)C[C@@H](O)CCc2ccccc2)[C@H](O)C[C@@H]1OC1OC(CO)[C@@H](O)C(O)C1O. The predicted molar refractivity (Wildman–Crippen MR) is 166 cm³/mol. The second-order valence-electron chi connectivity index (χ2n) is 13.2. The Morgan fingerprint density at radius 1 is 1.02 bits per heavy atom. The number of nitrogens with one attached hydrogen (secondary N) is 1. The summed E-state index contributed by atoms with van der Waals surface area (Å²) in [7, 11) is 0. The number of aryl methyl sites for hydroxylation is 1. The summed E-state index contributed by atoms with van der Waals surface area (Å²) in [6.07, 6.45) is -1.38. The van der Waals surface area contributed by atoms with Crippen LogP contribution in [0.3, 0.4) is 0 Å². The Morgan fingerprint density at radius 3 is 2.41 bits per heavy atom. The molecule has 2 aliphatic rings. The van der Waals surface area contributed by atoms with E-state index in [1.54, 1.807) is 0 Å². The predicted octanol–water partition coefficient (Wildman–Crippen LogP) is 2.30. The highest BCUT2D eigenvalue weighted by molar-refractivity contribution is 5.75. The van der Waals surface area contributed by atoms with Gasteiger partial charge in [-0.3, -0.25) is 4.79 Å². The topological polar surface area (TPSA) is 169 Å². The third kappa shape index (κ3) is 10.7. The number of hydrogen-bond donors (Lipinski definition) is 7. The van der Waals surface area contributed by atoms with E-state index in [1.165, 1.54) is 5.56 Å². The highest BCUT2D eigenvalue weighted by Crippen LogP contribution is 2.44. The molecule has 10 nitrogen and oxygen atoms in total. The third-order valence-electron chi connectivity index (χ3n) is 9.67. The number of aliphatic hydroxyl groups is 6. The van der Waals surface area contributed by atoms with Gasteiger partial charge >= 0.3 is 0 Å². The van der Waals surface area contributed by atoms with E-state index in [0.29, 0.717) is 38.1 Å². The van der Waals surface area contributed by atoms with Gasteiger partial charge in [0.15, 0.2) is 6.29 Å². The van der Waals surface area contributed by atoms with Crippen LogP contribution in [0.1, 0.15) is 84.1 Å². The van der Waals surface area contributed by atoms with Crippen LogP contribution in [0.25, 0.3) is 0 Å². The molecule has 1 aromatic rings. The normalized spacial score (nSPS) is 32.7. The van der Waals surface area contributed by atoms with E-state index in [9.17, 15) is 35.4 Å². The molecule has 3 rings (SSSR count). The van der Waals surface area contributed by atoms with Crippen LogP contribution in [0.5, 0.6) is 0 Å². The van der Waals surface area contributed by atoms with E-state index in [-0.39, 0.29) is 23.7 Å². The molecule has 0 bridgehead atoms. The molecule has 4 unspecified atom stereocenters. The van der Waals surface area contributed by atoms with Crippen molar-refractivity contribution in [3.63, 3.8) is 0 Å². The highest BCUT2D eigenvalue weighted by Gasteiger charge is 2.50. The summed E-state index contributed by atoms with van der Waals surface area (Å²) in [4.78, 5) is 11.8. The fraction of sp³-hybridized carbons (Fsp3) is 0.794. The minimum Gasteiger partial charge on any atom is -0.394 e.